The third kappa shape index (κ3) is 3.73. The highest BCUT2D eigenvalue weighted by molar-refractivity contribution is 5.67. The lowest BCUT2D eigenvalue weighted by atomic mass is 9.60. The maximum atomic E-state index is 6.07. The van der Waals surface area contributed by atoms with Crippen LogP contribution in [0, 0.1) is 5.92 Å². The smallest absolute Gasteiger partial charge is 0.0591 e. The maximum absolute atomic E-state index is 6.07. The van der Waals surface area contributed by atoms with Crippen LogP contribution < -0.4 is 17.2 Å². The molecule has 0 bridgehead atoms. The van der Waals surface area contributed by atoms with Crippen molar-refractivity contribution in [1.29, 1.82) is 0 Å². The average Bonchev–Trinajstić information content (AvgIpc) is 3.18. The van der Waals surface area contributed by atoms with Crippen molar-refractivity contribution in [2.24, 2.45) is 17.2 Å². The lowest BCUT2D eigenvalue weighted by molar-refractivity contribution is 0.673. The fraction of sp³-hybridized carbons (Fsp3) is 0.207. The van der Waals surface area contributed by atoms with Gasteiger partial charge in [0, 0.05) is 25.6 Å². The van der Waals surface area contributed by atoms with E-state index in [-0.39, 0.29) is 0 Å². The molecule has 163 valence electrons. The second-order valence-corrected chi connectivity index (χ2v) is 8.52. The summed E-state index contributed by atoms with van der Waals surface area (Å²) < 4.78 is 0. The quantitative estimate of drug-likeness (QED) is 0.475. The zero-order valence-corrected chi connectivity index (χ0v) is 18.9. The van der Waals surface area contributed by atoms with Gasteiger partial charge in [0.1, 0.15) is 0 Å². The molecule has 3 aromatic rings. The Balaban J connectivity index is 2.14. The van der Waals surface area contributed by atoms with E-state index in [0.717, 1.165) is 16.7 Å². The van der Waals surface area contributed by atoms with E-state index in [0.29, 0.717) is 19.6 Å². The van der Waals surface area contributed by atoms with Crippen LogP contribution in [0.3, 0.4) is 0 Å². The van der Waals surface area contributed by atoms with Crippen LogP contribution in [-0.2, 0) is 25.0 Å². The summed E-state index contributed by atoms with van der Waals surface area (Å²) in [5.74, 6) is 1.27. The SMILES string of the molecule is CC1=C(C)[C](C(c2cccc(CN)c2)(c2cccc(CN)c2)c2cccc(CN)c2)C=C1. The van der Waals surface area contributed by atoms with E-state index in [9.17, 15) is 0 Å². The van der Waals surface area contributed by atoms with Crippen molar-refractivity contribution < 1.29 is 0 Å². The second kappa shape index (κ2) is 9.25. The normalized spacial score (nSPS) is 14.4. The van der Waals surface area contributed by atoms with Crippen molar-refractivity contribution >= 4 is 0 Å². The molecule has 3 aromatic carbocycles. The molecule has 0 aliphatic heterocycles. The number of nitrogens with two attached hydrogens (primary N) is 3. The first-order valence-corrected chi connectivity index (χ1v) is 11.2. The van der Waals surface area contributed by atoms with Gasteiger partial charge in [-0.3, -0.25) is 0 Å². The molecule has 3 heteroatoms. The number of hydrogen-bond acceptors (Lipinski definition) is 3. The van der Waals surface area contributed by atoms with Gasteiger partial charge in [-0.2, -0.15) is 0 Å². The lowest BCUT2D eigenvalue weighted by Crippen LogP contribution is -2.36. The Bertz CT molecular complexity index is 1060. The molecular formula is C29H32N3. The van der Waals surface area contributed by atoms with Crippen molar-refractivity contribution in [1.82, 2.24) is 0 Å². The Labute approximate surface area is 191 Å². The Hall–Kier alpha value is -2.98. The summed E-state index contributed by atoms with van der Waals surface area (Å²) in [4.78, 5) is 0. The molecule has 1 aliphatic rings. The van der Waals surface area contributed by atoms with Gasteiger partial charge in [0.15, 0.2) is 0 Å². The number of rotatable bonds is 7. The summed E-state index contributed by atoms with van der Waals surface area (Å²) in [7, 11) is 0. The van der Waals surface area contributed by atoms with Gasteiger partial charge in [-0.05, 0) is 47.2 Å². The Morgan fingerprint density at radius 2 is 1.00 bits per heavy atom. The summed E-state index contributed by atoms with van der Waals surface area (Å²) in [6.07, 6.45) is 4.48. The molecule has 0 atom stereocenters. The molecule has 0 saturated carbocycles. The molecule has 1 radical (unpaired) electrons. The van der Waals surface area contributed by atoms with E-state index in [2.05, 4.69) is 98.8 Å². The number of benzene rings is 3. The largest absolute Gasteiger partial charge is 0.326 e. The van der Waals surface area contributed by atoms with Crippen LogP contribution in [0.1, 0.15) is 47.2 Å². The Morgan fingerprint density at radius 1 is 0.594 bits per heavy atom. The average molecular weight is 423 g/mol. The van der Waals surface area contributed by atoms with Gasteiger partial charge in [0.05, 0.1) is 5.41 Å². The Kier molecular flexibility index (Phi) is 6.43. The van der Waals surface area contributed by atoms with Crippen molar-refractivity contribution in [3.63, 3.8) is 0 Å². The predicted molar refractivity (Wildman–Crippen MR) is 134 cm³/mol. The van der Waals surface area contributed by atoms with Gasteiger partial charge < -0.3 is 17.2 Å². The Morgan fingerprint density at radius 3 is 1.31 bits per heavy atom. The zero-order valence-electron chi connectivity index (χ0n) is 18.9. The van der Waals surface area contributed by atoms with Gasteiger partial charge in [-0.1, -0.05) is 96.1 Å². The highest BCUT2D eigenvalue weighted by Gasteiger charge is 2.45. The standard InChI is InChI=1S/C29H32N3/c1-20-12-13-28(21(20)2)29(25-9-3-6-22(14-25)17-30,26-10-4-7-23(15-26)18-31)27-11-5-8-24(16-27)19-32/h3-16H,17-19,30-32H2,1-2H3. The fourth-order valence-electron chi connectivity index (χ4n) is 4.84. The van der Waals surface area contributed by atoms with Gasteiger partial charge >= 0.3 is 0 Å². The zero-order chi connectivity index (χ0) is 22.7. The molecular weight excluding hydrogens is 390 g/mol. The molecule has 0 saturated heterocycles. The highest BCUT2D eigenvalue weighted by atomic mass is 14.5. The molecule has 0 fully saturated rings. The minimum atomic E-state index is -0.514. The molecule has 3 nitrogen and oxygen atoms in total. The van der Waals surface area contributed by atoms with E-state index >= 15 is 0 Å². The minimum absolute atomic E-state index is 0.495. The molecule has 32 heavy (non-hydrogen) atoms. The highest BCUT2D eigenvalue weighted by Crippen LogP contribution is 2.52. The minimum Gasteiger partial charge on any atom is -0.326 e. The third-order valence-electron chi connectivity index (χ3n) is 6.69. The van der Waals surface area contributed by atoms with Crippen molar-refractivity contribution in [3.05, 3.63) is 135 Å². The van der Waals surface area contributed by atoms with E-state index in [1.807, 2.05) is 0 Å². The molecule has 1 aliphatic carbocycles. The van der Waals surface area contributed by atoms with Gasteiger partial charge in [-0.15, -0.1) is 0 Å². The molecule has 0 unspecified atom stereocenters. The van der Waals surface area contributed by atoms with Gasteiger partial charge in [0.2, 0.25) is 0 Å². The molecule has 0 aromatic heterocycles. The molecule has 0 amide bonds. The summed E-state index contributed by atoms with van der Waals surface area (Å²) in [6.45, 7) is 5.87. The number of allylic oxidation sites excluding steroid dienone is 4. The van der Waals surface area contributed by atoms with E-state index in [1.54, 1.807) is 0 Å². The van der Waals surface area contributed by atoms with Crippen LogP contribution in [0.2, 0.25) is 0 Å². The van der Waals surface area contributed by atoms with Gasteiger partial charge in [-0.25, -0.2) is 0 Å². The molecule has 4 rings (SSSR count). The van der Waals surface area contributed by atoms with E-state index in [1.165, 1.54) is 33.8 Å². The summed E-state index contributed by atoms with van der Waals surface area (Å²) in [5, 5.41) is 0. The molecule has 0 heterocycles. The van der Waals surface area contributed by atoms with Crippen LogP contribution in [0.4, 0.5) is 0 Å². The number of hydrogen-bond donors (Lipinski definition) is 3. The van der Waals surface area contributed by atoms with Crippen LogP contribution in [0.25, 0.3) is 0 Å². The molecule has 0 spiro atoms. The summed E-state index contributed by atoms with van der Waals surface area (Å²) >= 11 is 0. The fourth-order valence-corrected chi connectivity index (χ4v) is 4.84. The monoisotopic (exact) mass is 422 g/mol. The van der Waals surface area contributed by atoms with Crippen molar-refractivity contribution in [2.75, 3.05) is 0 Å². The van der Waals surface area contributed by atoms with Crippen molar-refractivity contribution in [3.8, 4) is 0 Å². The van der Waals surface area contributed by atoms with E-state index in [4.69, 9.17) is 17.2 Å². The van der Waals surface area contributed by atoms with E-state index < -0.39 is 5.41 Å². The summed E-state index contributed by atoms with van der Waals surface area (Å²) in [6, 6.07) is 26.0. The topological polar surface area (TPSA) is 78.1 Å². The van der Waals surface area contributed by atoms with Crippen LogP contribution >= 0.6 is 0 Å². The van der Waals surface area contributed by atoms with Gasteiger partial charge in [0.25, 0.3) is 0 Å². The van der Waals surface area contributed by atoms with Crippen molar-refractivity contribution in [2.45, 2.75) is 38.9 Å². The van der Waals surface area contributed by atoms with Crippen LogP contribution in [-0.4, -0.2) is 0 Å². The molecule has 6 N–H and O–H groups in total. The second-order valence-electron chi connectivity index (χ2n) is 8.52. The first-order chi connectivity index (χ1) is 15.5. The lowest BCUT2D eigenvalue weighted by Gasteiger charge is -2.41. The first-order valence-electron chi connectivity index (χ1n) is 11.2. The maximum Gasteiger partial charge on any atom is 0.0591 e. The van der Waals surface area contributed by atoms with Crippen LogP contribution in [0.15, 0.2) is 96.1 Å². The predicted octanol–water partition coefficient (Wildman–Crippen LogP) is 4.88. The third-order valence-corrected chi connectivity index (χ3v) is 6.69. The summed E-state index contributed by atoms with van der Waals surface area (Å²) in [5.41, 5.74) is 27.2. The van der Waals surface area contributed by atoms with Crippen LogP contribution in [0.5, 0.6) is 0 Å². The first kappa shape index (κ1) is 22.2.